The first kappa shape index (κ1) is 15.6. The lowest BCUT2D eigenvalue weighted by atomic mass is 10.2. The number of aromatic nitrogens is 3. The summed E-state index contributed by atoms with van der Waals surface area (Å²) in [4.78, 5) is 11.8. The van der Waals surface area contributed by atoms with Crippen molar-refractivity contribution in [2.24, 2.45) is 0 Å². The molecule has 0 radical (unpaired) electrons. The van der Waals surface area contributed by atoms with E-state index in [0.717, 1.165) is 12.8 Å². The van der Waals surface area contributed by atoms with Crippen molar-refractivity contribution in [2.75, 3.05) is 18.9 Å². The Morgan fingerprint density at radius 1 is 1.33 bits per heavy atom. The van der Waals surface area contributed by atoms with E-state index in [1.54, 1.807) is 18.2 Å². The normalized spacial score (nSPS) is 20.9. The van der Waals surface area contributed by atoms with Crippen LogP contribution in [0.2, 0.25) is 0 Å². The monoisotopic (exact) mass is 348 g/mol. The topological polar surface area (TPSA) is 69.0 Å². The van der Waals surface area contributed by atoms with Crippen LogP contribution in [0.25, 0.3) is 11.4 Å². The third-order valence-electron chi connectivity index (χ3n) is 4.07. The van der Waals surface area contributed by atoms with Crippen LogP contribution in [-0.2, 0) is 9.53 Å². The molecule has 1 atom stereocenters. The number of nitrogens with one attached hydrogen (secondary N) is 1. The molecule has 2 aliphatic rings. The fraction of sp³-hybridized carbons (Fsp3) is 0.438. The average molecular weight is 348 g/mol. The Hall–Kier alpha value is -1.93. The van der Waals surface area contributed by atoms with Gasteiger partial charge in [-0.3, -0.25) is 9.36 Å². The van der Waals surface area contributed by atoms with Crippen molar-refractivity contribution in [3.63, 3.8) is 0 Å². The van der Waals surface area contributed by atoms with E-state index in [-0.39, 0.29) is 11.7 Å². The second-order valence-corrected chi connectivity index (χ2v) is 6.84. The molecule has 1 saturated carbocycles. The van der Waals surface area contributed by atoms with Gasteiger partial charge in [0, 0.05) is 18.3 Å². The van der Waals surface area contributed by atoms with Gasteiger partial charge in [-0.25, -0.2) is 4.39 Å². The number of benzene rings is 1. The molecule has 8 heteroatoms. The van der Waals surface area contributed by atoms with Crippen LogP contribution in [0.5, 0.6) is 0 Å². The number of morpholine rings is 1. The van der Waals surface area contributed by atoms with Gasteiger partial charge in [0.05, 0.1) is 12.2 Å². The number of carbonyl (C=O) groups is 1. The number of ether oxygens (including phenoxy) is 1. The van der Waals surface area contributed by atoms with E-state index in [0.29, 0.717) is 41.5 Å². The minimum absolute atomic E-state index is 0.0967. The Bertz CT molecular complexity index is 762. The SMILES string of the molecule is O=C1NCCOC1CSc1nnc(-c2ccccc2F)n1C1CC1. The number of thioether (sulfide) groups is 1. The van der Waals surface area contributed by atoms with E-state index >= 15 is 0 Å². The first-order chi connectivity index (χ1) is 11.7. The quantitative estimate of drug-likeness (QED) is 0.838. The molecule has 126 valence electrons. The molecule has 2 heterocycles. The summed E-state index contributed by atoms with van der Waals surface area (Å²) < 4.78 is 21.6. The molecule has 1 N–H and O–H groups in total. The zero-order valence-electron chi connectivity index (χ0n) is 12.9. The summed E-state index contributed by atoms with van der Waals surface area (Å²) >= 11 is 1.43. The molecule has 1 aliphatic heterocycles. The van der Waals surface area contributed by atoms with Crippen LogP contribution in [0.3, 0.4) is 0 Å². The molecule has 2 aromatic rings. The summed E-state index contributed by atoms with van der Waals surface area (Å²) in [5.74, 6) is 0.611. The first-order valence-corrected chi connectivity index (χ1v) is 8.94. The third kappa shape index (κ3) is 3.03. The minimum atomic E-state index is -0.481. The summed E-state index contributed by atoms with van der Waals surface area (Å²) in [5, 5.41) is 11.9. The maximum absolute atomic E-state index is 14.1. The van der Waals surface area contributed by atoms with Crippen LogP contribution in [-0.4, -0.2) is 45.7 Å². The minimum Gasteiger partial charge on any atom is -0.366 e. The van der Waals surface area contributed by atoms with E-state index in [1.807, 2.05) is 4.57 Å². The average Bonchev–Trinajstić information content (AvgIpc) is 3.35. The summed E-state index contributed by atoms with van der Waals surface area (Å²) in [5.41, 5.74) is 0.454. The maximum atomic E-state index is 14.1. The largest absolute Gasteiger partial charge is 0.366 e. The molecule has 4 rings (SSSR count). The lowest BCUT2D eigenvalue weighted by molar-refractivity contribution is -0.135. The third-order valence-corrected chi connectivity index (χ3v) is 5.07. The molecule has 24 heavy (non-hydrogen) atoms. The zero-order chi connectivity index (χ0) is 16.5. The Labute approximate surface area is 142 Å². The summed E-state index contributed by atoms with van der Waals surface area (Å²) in [6.07, 6.45) is 1.59. The molecule has 0 bridgehead atoms. The highest BCUT2D eigenvalue weighted by molar-refractivity contribution is 7.99. The fourth-order valence-electron chi connectivity index (χ4n) is 2.70. The van der Waals surface area contributed by atoms with Gasteiger partial charge in [-0.2, -0.15) is 0 Å². The second-order valence-electron chi connectivity index (χ2n) is 5.85. The van der Waals surface area contributed by atoms with Crippen LogP contribution in [0, 0.1) is 5.82 Å². The van der Waals surface area contributed by atoms with Crippen LogP contribution < -0.4 is 5.32 Å². The van der Waals surface area contributed by atoms with Crippen LogP contribution in [0.15, 0.2) is 29.4 Å². The second kappa shape index (κ2) is 6.52. The van der Waals surface area contributed by atoms with Crippen molar-refractivity contribution in [1.82, 2.24) is 20.1 Å². The summed E-state index contributed by atoms with van der Waals surface area (Å²) in [6.45, 7) is 1.07. The van der Waals surface area contributed by atoms with E-state index in [4.69, 9.17) is 4.74 Å². The highest BCUT2D eigenvalue weighted by Crippen LogP contribution is 2.41. The van der Waals surface area contributed by atoms with Crippen molar-refractivity contribution in [3.8, 4) is 11.4 Å². The van der Waals surface area contributed by atoms with Crippen LogP contribution >= 0.6 is 11.8 Å². The molecule has 1 aromatic carbocycles. The van der Waals surface area contributed by atoms with Crippen molar-refractivity contribution >= 4 is 17.7 Å². The lowest BCUT2D eigenvalue weighted by Crippen LogP contribution is -2.45. The van der Waals surface area contributed by atoms with E-state index < -0.39 is 6.10 Å². The van der Waals surface area contributed by atoms with Gasteiger partial charge in [0.1, 0.15) is 11.9 Å². The standard InChI is InChI=1S/C16H17FN4O2S/c17-12-4-2-1-3-11(12)14-19-20-16(21(14)10-5-6-10)24-9-13-15(22)18-7-8-23-13/h1-4,10,13H,5-9H2,(H,18,22). The summed E-state index contributed by atoms with van der Waals surface area (Å²) in [6, 6.07) is 6.89. The molecule has 1 unspecified atom stereocenters. The maximum Gasteiger partial charge on any atom is 0.250 e. The van der Waals surface area contributed by atoms with Crippen LogP contribution in [0.4, 0.5) is 4.39 Å². The molecule has 6 nitrogen and oxygen atoms in total. The van der Waals surface area contributed by atoms with Crippen molar-refractivity contribution in [2.45, 2.75) is 30.1 Å². The Morgan fingerprint density at radius 3 is 2.92 bits per heavy atom. The number of rotatable bonds is 5. The van der Waals surface area contributed by atoms with Crippen molar-refractivity contribution in [3.05, 3.63) is 30.1 Å². The predicted octanol–water partition coefficient (Wildman–Crippen LogP) is 2.03. The number of hydrogen-bond acceptors (Lipinski definition) is 5. The number of nitrogens with zero attached hydrogens (tertiary/aromatic N) is 3. The van der Waals surface area contributed by atoms with Crippen LogP contribution in [0.1, 0.15) is 18.9 Å². The number of halogens is 1. The molecule has 2 fully saturated rings. The van der Waals surface area contributed by atoms with Crippen molar-refractivity contribution in [1.29, 1.82) is 0 Å². The Morgan fingerprint density at radius 2 is 2.17 bits per heavy atom. The van der Waals surface area contributed by atoms with Gasteiger partial charge in [-0.05, 0) is 25.0 Å². The molecular formula is C16H17FN4O2S. The van der Waals surface area contributed by atoms with Gasteiger partial charge in [0.25, 0.3) is 0 Å². The number of carbonyl (C=O) groups excluding carboxylic acids is 1. The first-order valence-electron chi connectivity index (χ1n) is 7.96. The molecule has 1 amide bonds. The summed E-state index contributed by atoms with van der Waals surface area (Å²) in [7, 11) is 0. The lowest BCUT2D eigenvalue weighted by Gasteiger charge is -2.22. The van der Waals surface area contributed by atoms with Gasteiger partial charge in [-0.15, -0.1) is 10.2 Å². The molecule has 1 aromatic heterocycles. The number of amides is 1. The van der Waals surface area contributed by atoms with E-state index in [2.05, 4.69) is 15.5 Å². The van der Waals surface area contributed by atoms with Gasteiger partial charge in [0.15, 0.2) is 11.0 Å². The highest BCUT2D eigenvalue weighted by Gasteiger charge is 2.32. The number of hydrogen-bond donors (Lipinski definition) is 1. The Balaban J connectivity index is 1.58. The van der Waals surface area contributed by atoms with Gasteiger partial charge >= 0.3 is 0 Å². The predicted molar refractivity (Wildman–Crippen MR) is 87.2 cm³/mol. The smallest absolute Gasteiger partial charge is 0.250 e. The molecule has 1 saturated heterocycles. The van der Waals surface area contributed by atoms with Gasteiger partial charge in [0.2, 0.25) is 5.91 Å². The van der Waals surface area contributed by atoms with Crippen molar-refractivity contribution < 1.29 is 13.9 Å². The zero-order valence-corrected chi connectivity index (χ0v) is 13.8. The molecule has 1 aliphatic carbocycles. The van der Waals surface area contributed by atoms with E-state index in [1.165, 1.54) is 17.8 Å². The fourth-order valence-corrected chi connectivity index (χ4v) is 3.72. The highest BCUT2D eigenvalue weighted by atomic mass is 32.2. The molecule has 0 spiro atoms. The Kier molecular flexibility index (Phi) is 4.24. The van der Waals surface area contributed by atoms with Gasteiger partial charge < -0.3 is 10.1 Å². The molecular weight excluding hydrogens is 331 g/mol. The van der Waals surface area contributed by atoms with Gasteiger partial charge in [-0.1, -0.05) is 23.9 Å². The van der Waals surface area contributed by atoms with E-state index in [9.17, 15) is 9.18 Å².